The highest BCUT2D eigenvalue weighted by atomic mass is 35.5. The molecule has 0 amide bonds. The van der Waals surface area contributed by atoms with E-state index in [1.807, 2.05) is 35.8 Å². The number of benzene rings is 2. The summed E-state index contributed by atoms with van der Waals surface area (Å²) in [5.41, 5.74) is 2.39. The molecule has 3 rings (SSSR count). The van der Waals surface area contributed by atoms with Gasteiger partial charge >= 0.3 is 0 Å². The third kappa shape index (κ3) is 3.50. The summed E-state index contributed by atoms with van der Waals surface area (Å²) >= 11 is 9.67. The maximum Gasteiger partial charge on any atom is 0.120 e. The standard InChI is InChI=1S/C17H18ClNOS2/c1-20-14-7-4-6-13(12-14)19-15-8-2-3-9-16(15)21-17(22-19)10-5-11-18/h2-4,6-9,12,17H,5,10-11H2,1H3. The first-order valence-corrected chi connectivity index (χ1v) is 9.49. The fourth-order valence-electron chi connectivity index (χ4n) is 2.35. The molecule has 0 fully saturated rings. The number of anilines is 2. The molecule has 116 valence electrons. The molecule has 1 atom stereocenters. The molecule has 0 N–H and O–H groups in total. The van der Waals surface area contributed by atoms with E-state index in [0.29, 0.717) is 4.58 Å². The number of nitrogens with zero attached hydrogens (tertiary/aromatic N) is 1. The molecule has 2 nitrogen and oxygen atoms in total. The van der Waals surface area contributed by atoms with Crippen molar-refractivity contribution in [2.75, 3.05) is 17.3 Å². The zero-order valence-electron chi connectivity index (χ0n) is 12.4. The van der Waals surface area contributed by atoms with Crippen LogP contribution in [-0.4, -0.2) is 17.6 Å². The van der Waals surface area contributed by atoms with E-state index in [2.05, 4.69) is 40.7 Å². The van der Waals surface area contributed by atoms with Crippen LogP contribution < -0.4 is 9.04 Å². The second-order valence-electron chi connectivity index (χ2n) is 4.95. The van der Waals surface area contributed by atoms with Crippen molar-refractivity contribution in [3.8, 4) is 5.75 Å². The molecule has 2 aromatic carbocycles. The summed E-state index contributed by atoms with van der Waals surface area (Å²) < 4.78 is 8.17. The molecule has 0 saturated heterocycles. The van der Waals surface area contributed by atoms with Crippen LogP contribution in [0.15, 0.2) is 53.4 Å². The second kappa shape index (κ2) is 7.53. The lowest BCUT2D eigenvalue weighted by atomic mass is 10.2. The Morgan fingerprint density at radius 1 is 1.18 bits per heavy atom. The number of thioether (sulfide) groups is 1. The van der Waals surface area contributed by atoms with Crippen molar-refractivity contribution >= 4 is 46.7 Å². The van der Waals surface area contributed by atoms with Gasteiger partial charge in [-0.3, -0.25) is 4.31 Å². The minimum Gasteiger partial charge on any atom is -0.497 e. The number of hydrogen-bond acceptors (Lipinski definition) is 4. The van der Waals surface area contributed by atoms with Gasteiger partial charge < -0.3 is 4.74 Å². The number of fused-ring (bicyclic) bond motifs is 1. The number of rotatable bonds is 5. The zero-order chi connectivity index (χ0) is 15.4. The zero-order valence-corrected chi connectivity index (χ0v) is 14.8. The fraction of sp³-hybridized carbons (Fsp3) is 0.294. The van der Waals surface area contributed by atoms with Crippen LogP contribution in [0.3, 0.4) is 0 Å². The summed E-state index contributed by atoms with van der Waals surface area (Å²) in [4.78, 5) is 1.32. The summed E-state index contributed by atoms with van der Waals surface area (Å²) in [7, 11) is 1.70. The molecule has 0 spiro atoms. The third-order valence-electron chi connectivity index (χ3n) is 3.43. The van der Waals surface area contributed by atoms with Crippen molar-refractivity contribution in [2.45, 2.75) is 22.3 Å². The van der Waals surface area contributed by atoms with Gasteiger partial charge in [0.15, 0.2) is 0 Å². The van der Waals surface area contributed by atoms with E-state index in [4.69, 9.17) is 16.3 Å². The Morgan fingerprint density at radius 3 is 2.86 bits per heavy atom. The van der Waals surface area contributed by atoms with E-state index in [1.165, 1.54) is 10.6 Å². The summed E-state index contributed by atoms with van der Waals surface area (Å²) in [5.74, 6) is 1.60. The van der Waals surface area contributed by atoms with Gasteiger partial charge in [0, 0.05) is 16.8 Å². The van der Waals surface area contributed by atoms with Crippen LogP contribution in [0.2, 0.25) is 0 Å². The predicted molar refractivity (Wildman–Crippen MR) is 98.8 cm³/mol. The molecule has 0 bridgehead atoms. The molecule has 0 saturated carbocycles. The Labute approximate surface area is 145 Å². The normalized spacial score (nSPS) is 17.2. The quantitative estimate of drug-likeness (QED) is 0.488. The van der Waals surface area contributed by atoms with Gasteiger partial charge in [0.2, 0.25) is 0 Å². The molecule has 1 aliphatic heterocycles. The first kappa shape index (κ1) is 15.9. The summed E-state index contributed by atoms with van der Waals surface area (Å²) in [6.45, 7) is 0. The van der Waals surface area contributed by atoms with Crippen LogP contribution in [0, 0.1) is 0 Å². The van der Waals surface area contributed by atoms with Crippen LogP contribution in [0.4, 0.5) is 11.4 Å². The van der Waals surface area contributed by atoms with Gasteiger partial charge in [-0.05, 0) is 49.1 Å². The average Bonchev–Trinajstić information content (AvgIpc) is 2.59. The van der Waals surface area contributed by atoms with Crippen LogP contribution in [-0.2, 0) is 0 Å². The van der Waals surface area contributed by atoms with Gasteiger partial charge in [-0.2, -0.15) is 0 Å². The summed E-state index contributed by atoms with van der Waals surface area (Å²) in [5, 5.41) is 0. The highest BCUT2D eigenvalue weighted by Gasteiger charge is 2.26. The molecule has 0 aliphatic carbocycles. The first-order chi connectivity index (χ1) is 10.8. The van der Waals surface area contributed by atoms with Crippen LogP contribution in [0.1, 0.15) is 12.8 Å². The van der Waals surface area contributed by atoms with E-state index in [0.717, 1.165) is 30.2 Å². The molecule has 1 heterocycles. The van der Waals surface area contributed by atoms with E-state index < -0.39 is 0 Å². The van der Waals surface area contributed by atoms with E-state index in [1.54, 1.807) is 7.11 Å². The SMILES string of the molecule is COc1cccc(N2SC(CCCCl)Sc3ccccc32)c1. The lowest BCUT2D eigenvalue weighted by molar-refractivity contribution is 0.415. The topological polar surface area (TPSA) is 12.5 Å². The van der Waals surface area contributed by atoms with Gasteiger partial charge in [-0.15, -0.1) is 23.4 Å². The summed E-state index contributed by atoms with van der Waals surface area (Å²) in [6.07, 6.45) is 2.15. The molecule has 0 radical (unpaired) electrons. The summed E-state index contributed by atoms with van der Waals surface area (Å²) in [6, 6.07) is 16.8. The molecule has 1 aliphatic rings. The molecule has 0 aromatic heterocycles. The maximum absolute atomic E-state index is 5.87. The minimum absolute atomic E-state index is 0.486. The smallest absolute Gasteiger partial charge is 0.120 e. The van der Waals surface area contributed by atoms with Gasteiger partial charge in [-0.1, -0.05) is 18.2 Å². The minimum atomic E-state index is 0.486. The highest BCUT2D eigenvalue weighted by molar-refractivity contribution is 8.18. The number of alkyl halides is 1. The number of ether oxygens (including phenoxy) is 1. The molecular weight excluding hydrogens is 334 g/mol. The van der Waals surface area contributed by atoms with E-state index >= 15 is 0 Å². The Balaban J connectivity index is 1.93. The lowest BCUT2D eigenvalue weighted by Crippen LogP contribution is -2.18. The molecular formula is C17H18ClNOS2. The second-order valence-corrected chi connectivity index (χ2v) is 8.01. The Bertz CT molecular complexity index is 638. The fourth-order valence-corrected chi connectivity index (χ4v) is 5.33. The Morgan fingerprint density at radius 2 is 2.05 bits per heavy atom. The number of para-hydroxylation sites is 1. The van der Waals surface area contributed by atoms with Gasteiger partial charge in [0.05, 0.1) is 23.1 Å². The largest absolute Gasteiger partial charge is 0.497 e. The van der Waals surface area contributed by atoms with Crippen LogP contribution in [0.5, 0.6) is 5.75 Å². The van der Waals surface area contributed by atoms with Crippen molar-refractivity contribution in [2.24, 2.45) is 0 Å². The lowest BCUT2D eigenvalue weighted by Gasteiger charge is -2.34. The molecule has 1 unspecified atom stereocenters. The number of hydrogen-bond donors (Lipinski definition) is 0. The van der Waals surface area contributed by atoms with Gasteiger partial charge in [0.1, 0.15) is 5.75 Å². The van der Waals surface area contributed by atoms with Crippen LogP contribution >= 0.6 is 35.3 Å². The third-order valence-corrected chi connectivity index (χ3v) is 6.43. The van der Waals surface area contributed by atoms with E-state index in [-0.39, 0.29) is 0 Å². The highest BCUT2D eigenvalue weighted by Crippen LogP contribution is 2.51. The Hall–Kier alpha value is -0.970. The van der Waals surface area contributed by atoms with Gasteiger partial charge in [-0.25, -0.2) is 0 Å². The van der Waals surface area contributed by atoms with Crippen molar-refractivity contribution in [1.82, 2.24) is 0 Å². The van der Waals surface area contributed by atoms with Crippen molar-refractivity contribution in [1.29, 1.82) is 0 Å². The first-order valence-electron chi connectivity index (χ1n) is 7.24. The van der Waals surface area contributed by atoms with Crippen molar-refractivity contribution < 1.29 is 4.74 Å². The van der Waals surface area contributed by atoms with Crippen molar-refractivity contribution in [3.05, 3.63) is 48.5 Å². The molecule has 2 aromatic rings. The number of methoxy groups -OCH3 is 1. The van der Waals surface area contributed by atoms with Crippen LogP contribution in [0.25, 0.3) is 0 Å². The number of halogens is 1. The van der Waals surface area contributed by atoms with Crippen molar-refractivity contribution in [3.63, 3.8) is 0 Å². The predicted octanol–water partition coefficient (Wildman–Crippen LogP) is 5.93. The van der Waals surface area contributed by atoms with Gasteiger partial charge in [0.25, 0.3) is 0 Å². The average molecular weight is 352 g/mol. The Kier molecular flexibility index (Phi) is 5.45. The van der Waals surface area contributed by atoms with E-state index in [9.17, 15) is 0 Å². The maximum atomic E-state index is 5.87. The monoisotopic (exact) mass is 351 g/mol. The molecule has 22 heavy (non-hydrogen) atoms. The molecule has 5 heteroatoms.